The minimum absolute atomic E-state index is 0.943. The van der Waals surface area contributed by atoms with Crippen LogP contribution >= 0.6 is 11.8 Å². The van der Waals surface area contributed by atoms with Crippen molar-refractivity contribution < 1.29 is 4.74 Å². The molecule has 1 radical (unpaired) electrons. The first kappa shape index (κ1) is 8.85. The van der Waals surface area contributed by atoms with E-state index in [0.717, 1.165) is 6.61 Å². The van der Waals surface area contributed by atoms with Crippen LogP contribution in [0.15, 0.2) is 0 Å². The molecule has 2 saturated heterocycles. The molecule has 2 aliphatic rings. The van der Waals surface area contributed by atoms with E-state index in [1.54, 1.807) is 0 Å². The minimum Gasteiger partial charge on any atom is -0.356 e. The van der Waals surface area contributed by atoms with Crippen molar-refractivity contribution in [3.63, 3.8) is 0 Å². The molecule has 2 fully saturated rings. The van der Waals surface area contributed by atoms with Crippen LogP contribution in [0.2, 0.25) is 0 Å². The molecule has 69 valence electrons. The fourth-order valence-corrected chi connectivity index (χ4v) is 2.61. The van der Waals surface area contributed by atoms with Crippen LogP contribution in [0.5, 0.6) is 0 Å². The summed E-state index contributed by atoms with van der Waals surface area (Å²) in [5.74, 6) is 2.54. The van der Waals surface area contributed by atoms with Gasteiger partial charge in [-0.2, -0.15) is 11.8 Å². The SMILES string of the molecule is C1CC[C](N2CCSCC2)OC1. The average molecular weight is 186 g/mol. The van der Waals surface area contributed by atoms with Gasteiger partial charge in [-0.1, -0.05) is 0 Å². The fourth-order valence-electron chi connectivity index (χ4n) is 1.70. The summed E-state index contributed by atoms with van der Waals surface area (Å²) in [6.45, 7) is 3.33. The topological polar surface area (TPSA) is 12.5 Å². The molecule has 12 heavy (non-hydrogen) atoms. The maximum atomic E-state index is 5.65. The molecule has 0 aliphatic carbocycles. The number of ether oxygens (including phenoxy) is 1. The van der Waals surface area contributed by atoms with Crippen LogP contribution in [0.1, 0.15) is 19.3 Å². The van der Waals surface area contributed by atoms with E-state index < -0.39 is 0 Å². The number of hydrogen-bond donors (Lipinski definition) is 0. The van der Waals surface area contributed by atoms with Crippen LogP contribution in [-0.4, -0.2) is 36.1 Å². The summed E-state index contributed by atoms with van der Waals surface area (Å²) in [6.07, 6.45) is 5.00. The molecule has 3 heteroatoms. The Balaban J connectivity index is 1.80. The quantitative estimate of drug-likeness (QED) is 0.619. The maximum Gasteiger partial charge on any atom is 0.164 e. The second kappa shape index (κ2) is 4.49. The fraction of sp³-hybridized carbons (Fsp3) is 0.889. The molecule has 0 aromatic carbocycles. The molecule has 2 rings (SSSR count). The van der Waals surface area contributed by atoms with Crippen LogP contribution in [0.3, 0.4) is 0 Å². The molecule has 2 heterocycles. The van der Waals surface area contributed by atoms with Gasteiger partial charge in [0.15, 0.2) is 6.23 Å². The summed E-state index contributed by atoms with van der Waals surface area (Å²) in [7, 11) is 0. The van der Waals surface area contributed by atoms with Crippen LogP contribution in [-0.2, 0) is 4.74 Å². The lowest BCUT2D eigenvalue weighted by molar-refractivity contribution is 0.00824. The third kappa shape index (κ3) is 2.15. The van der Waals surface area contributed by atoms with Gasteiger partial charge in [0.05, 0.1) is 0 Å². The van der Waals surface area contributed by atoms with Crippen molar-refractivity contribution in [3.8, 4) is 0 Å². The van der Waals surface area contributed by atoms with Gasteiger partial charge < -0.3 is 4.74 Å². The highest BCUT2D eigenvalue weighted by Gasteiger charge is 2.24. The zero-order valence-corrected chi connectivity index (χ0v) is 8.24. The van der Waals surface area contributed by atoms with Gasteiger partial charge >= 0.3 is 0 Å². The first-order valence-electron chi connectivity index (χ1n) is 4.78. The highest BCUT2D eigenvalue weighted by atomic mass is 32.2. The van der Waals surface area contributed by atoms with E-state index in [1.165, 1.54) is 50.1 Å². The van der Waals surface area contributed by atoms with Gasteiger partial charge in [-0.25, -0.2) is 0 Å². The van der Waals surface area contributed by atoms with E-state index in [1.807, 2.05) is 0 Å². The van der Waals surface area contributed by atoms with Gasteiger partial charge in [-0.15, -0.1) is 0 Å². The van der Waals surface area contributed by atoms with Gasteiger partial charge in [0.2, 0.25) is 0 Å². The van der Waals surface area contributed by atoms with Crippen LogP contribution in [0.4, 0.5) is 0 Å². The van der Waals surface area contributed by atoms with Gasteiger partial charge in [0, 0.05) is 31.2 Å². The van der Waals surface area contributed by atoms with Crippen molar-refractivity contribution in [3.05, 3.63) is 6.23 Å². The predicted molar refractivity (Wildman–Crippen MR) is 51.9 cm³/mol. The number of thioether (sulfide) groups is 1. The Kier molecular flexibility index (Phi) is 3.31. The van der Waals surface area contributed by atoms with E-state index >= 15 is 0 Å². The van der Waals surface area contributed by atoms with Crippen LogP contribution in [0.25, 0.3) is 0 Å². The molecule has 0 atom stereocenters. The zero-order chi connectivity index (χ0) is 8.23. The summed E-state index contributed by atoms with van der Waals surface area (Å²) >= 11 is 2.05. The van der Waals surface area contributed by atoms with Crippen LogP contribution < -0.4 is 0 Å². The van der Waals surface area contributed by atoms with Crippen molar-refractivity contribution in [1.82, 2.24) is 4.90 Å². The predicted octanol–water partition coefficient (Wildman–Crippen LogP) is 1.73. The molecule has 0 aromatic rings. The Morgan fingerprint density at radius 2 is 2.00 bits per heavy atom. The lowest BCUT2D eigenvalue weighted by Crippen LogP contribution is -2.38. The molecular weight excluding hydrogens is 170 g/mol. The van der Waals surface area contributed by atoms with Crippen molar-refractivity contribution in [1.29, 1.82) is 0 Å². The Hall–Kier alpha value is 0.270. The molecule has 0 spiro atoms. The Bertz CT molecular complexity index is 114. The van der Waals surface area contributed by atoms with Gasteiger partial charge in [0.1, 0.15) is 0 Å². The summed E-state index contributed by atoms with van der Waals surface area (Å²) in [6, 6.07) is 0. The third-order valence-corrected chi connectivity index (χ3v) is 3.36. The lowest BCUT2D eigenvalue weighted by atomic mass is 10.1. The Labute approximate surface area is 78.6 Å². The van der Waals surface area contributed by atoms with Gasteiger partial charge in [-0.05, 0) is 19.3 Å². The molecule has 0 saturated carbocycles. The van der Waals surface area contributed by atoms with E-state index in [-0.39, 0.29) is 0 Å². The lowest BCUT2D eigenvalue weighted by Gasteiger charge is -2.34. The normalized spacial score (nSPS) is 29.0. The first-order valence-corrected chi connectivity index (χ1v) is 5.93. The van der Waals surface area contributed by atoms with E-state index in [2.05, 4.69) is 16.7 Å². The number of nitrogens with zero attached hydrogens (tertiary/aromatic N) is 1. The van der Waals surface area contributed by atoms with E-state index in [0.29, 0.717) is 0 Å². The van der Waals surface area contributed by atoms with E-state index in [4.69, 9.17) is 4.74 Å². The highest BCUT2D eigenvalue weighted by Crippen LogP contribution is 2.25. The smallest absolute Gasteiger partial charge is 0.164 e. The molecular formula is C9H16NOS. The molecule has 0 unspecified atom stereocenters. The molecule has 0 N–H and O–H groups in total. The Morgan fingerprint density at radius 1 is 1.17 bits per heavy atom. The minimum atomic E-state index is 0.943. The second-order valence-electron chi connectivity index (χ2n) is 3.30. The van der Waals surface area contributed by atoms with Crippen molar-refractivity contribution >= 4 is 11.8 Å². The third-order valence-electron chi connectivity index (χ3n) is 2.42. The van der Waals surface area contributed by atoms with Crippen molar-refractivity contribution in [2.24, 2.45) is 0 Å². The molecule has 2 nitrogen and oxygen atoms in total. The first-order chi connectivity index (χ1) is 5.97. The van der Waals surface area contributed by atoms with Gasteiger partial charge in [-0.3, -0.25) is 4.90 Å². The molecule has 2 aliphatic heterocycles. The number of hydrogen-bond acceptors (Lipinski definition) is 3. The summed E-state index contributed by atoms with van der Waals surface area (Å²) in [4.78, 5) is 2.43. The molecule has 0 bridgehead atoms. The number of rotatable bonds is 1. The summed E-state index contributed by atoms with van der Waals surface area (Å²) in [5, 5.41) is 0. The van der Waals surface area contributed by atoms with Crippen LogP contribution in [0, 0.1) is 6.23 Å². The second-order valence-corrected chi connectivity index (χ2v) is 4.52. The van der Waals surface area contributed by atoms with Crippen molar-refractivity contribution in [2.75, 3.05) is 31.2 Å². The standard InChI is InChI=1S/C9H16NOS/c1-2-6-11-9(3-1)10-4-7-12-8-5-10/h1-8H2. The summed E-state index contributed by atoms with van der Waals surface area (Å²) in [5.41, 5.74) is 0. The van der Waals surface area contributed by atoms with E-state index in [9.17, 15) is 0 Å². The maximum absolute atomic E-state index is 5.65. The average Bonchev–Trinajstić information content (AvgIpc) is 2.21. The van der Waals surface area contributed by atoms with Gasteiger partial charge in [0.25, 0.3) is 0 Å². The molecule has 0 aromatic heterocycles. The van der Waals surface area contributed by atoms with Crippen molar-refractivity contribution in [2.45, 2.75) is 19.3 Å². The monoisotopic (exact) mass is 186 g/mol. The Morgan fingerprint density at radius 3 is 2.67 bits per heavy atom. The zero-order valence-electron chi connectivity index (χ0n) is 7.42. The largest absolute Gasteiger partial charge is 0.356 e. The summed E-state index contributed by atoms with van der Waals surface area (Å²) < 4.78 is 5.65. The highest BCUT2D eigenvalue weighted by molar-refractivity contribution is 7.99. The molecule has 0 amide bonds.